The van der Waals surface area contributed by atoms with Gasteiger partial charge in [-0.05, 0) is 18.7 Å². The maximum absolute atomic E-state index is 12.2. The molecule has 0 spiro atoms. The molecular weight excluding hydrogens is 213 g/mol. The first-order valence-electron chi connectivity index (χ1n) is 3.84. The summed E-state index contributed by atoms with van der Waals surface area (Å²) < 4.78 is 36.6. The topological polar surface area (TPSA) is 25.8 Å². The van der Waals surface area contributed by atoms with E-state index >= 15 is 0 Å². The quantitative estimate of drug-likeness (QED) is 0.718. The molecule has 0 saturated heterocycles. The standard InChI is InChI=1S/C8H8F3N2S/c1-3-14-6-4-7(8(9,10)11)13-12-5(6)2/h4H,2-3H2,1H3. The SMILES string of the molecule is [CH2]c1nnc(C(F)(F)F)cc1SCC. The molecule has 1 aromatic rings. The molecule has 6 heteroatoms. The number of nitrogens with zero attached hydrogens (tertiary/aromatic N) is 2. The van der Waals surface area contributed by atoms with Gasteiger partial charge in [0.05, 0.1) is 5.69 Å². The van der Waals surface area contributed by atoms with Crippen LogP contribution in [-0.2, 0) is 6.18 Å². The van der Waals surface area contributed by atoms with Crippen LogP contribution in [0, 0.1) is 6.92 Å². The minimum Gasteiger partial charge on any atom is -0.164 e. The Morgan fingerprint density at radius 1 is 1.43 bits per heavy atom. The first kappa shape index (κ1) is 11.3. The second kappa shape index (κ2) is 4.16. The van der Waals surface area contributed by atoms with Crippen LogP contribution in [0.3, 0.4) is 0 Å². The Bertz CT molecular complexity index is 325. The monoisotopic (exact) mass is 221 g/mol. The van der Waals surface area contributed by atoms with Crippen molar-refractivity contribution in [1.82, 2.24) is 10.2 Å². The Morgan fingerprint density at radius 3 is 2.57 bits per heavy atom. The summed E-state index contributed by atoms with van der Waals surface area (Å²) >= 11 is 1.27. The summed E-state index contributed by atoms with van der Waals surface area (Å²) in [5.41, 5.74) is -0.689. The van der Waals surface area contributed by atoms with Crippen molar-refractivity contribution in [2.45, 2.75) is 18.0 Å². The van der Waals surface area contributed by atoms with Gasteiger partial charge in [0, 0.05) is 4.90 Å². The summed E-state index contributed by atoms with van der Waals surface area (Å²) in [7, 11) is 0. The molecule has 0 fully saturated rings. The maximum Gasteiger partial charge on any atom is 0.435 e. The molecule has 1 heterocycles. The van der Waals surface area contributed by atoms with Crippen LogP contribution in [0.25, 0.3) is 0 Å². The van der Waals surface area contributed by atoms with Crippen LogP contribution in [-0.4, -0.2) is 16.0 Å². The molecule has 0 amide bonds. The Labute approximate surface area is 83.9 Å². The van der Waals surface area contributed by atoms with Crippen molar-refractivity contribution in [3.63, 3.8) is 0 Å². The molecule has 0 unspecified atom stereocenters. The minimum atomic E-state index is -4.44. The highest BCUT2D eigenvalue weighted by atomic mass is 32.2. The minimum absolute atomic E-state index is 0.282. The van der Waals surface area contributed by atoms with Gasteiger partial charge in [0.25, 0.3) is 0 Å². The van der Waals surface area contributed by atoms with Crippen molar-refractivity contribution in [3.05, 3.63) is 24.4 Å². The first-order chi connectivity index (χ1) is 6.45. The van der Waals surface area contributed by atoms with Crippen molar-refractivity contribution in [3.8, 4) is 0 Å². The highest BCUT2D eigenvalue weighted by Gasteiger charge is 2.33. The van der Waals surface area contributed by atoms with Crippen molar-refractivity contribution in [2.75, 3.05) is 5.75 Å². The van der Waals surface area contributed by atoms with E-state index < -0.39 is 11.9 Å². The molecule has 0 bridgehead atoms. The third-order valence-corrected chi connectivity index (χ3v) is 2.37. The van der Waals surface area contributed by atoms with E-state index in [1.807, 2.05) is 6.92 Å². The molecular formula is C8H8F3N2S. The van der Waals surface area contributed by atoms with Crippen LogP contribution in [0.1, 0.15) is 18.3 Å². The molecule has 14 heavy (non-hydrogen) atoms. The smallest absolute Gasteiger partial charge is 0.164 e. The summed E-state index contributed by atoms with van der Waals surface area (Å²) in [6.45, 7) is 5.35. The average Bonchev–Trinajstić information content (AvgIpc) is 2.07. The highest BCUT2D eigenvalue weighted by molar-refractivity contribution is 7.99. The lowest BCUT2D eigenvalue weighted by Gasteiger charge is -2.07. The second-order valence-corrected chi connectivity index (χ2v) is 3.78. The molecule has 77 valence electrons. The van der Waals surface area contributed by atoms with Gasteiger partial charge < -0.3 is 0 Å². The molecule has 0 N–H and O–H groups in total. The van der Waals surface area contributed by atoms with Gasteiger partial charge >= 0.3 is 6.18 Å². The fourth-order valence-electron chi connectivity index (χ4n) is 0.819. The molecule has 1 aromatic heterocycles. The van der Waals surface area contributed by atoms with Crippen LogP contribution < -0.4 is 0 Å². The van der Waals surface area contributed by atoms with E-state index in [1.54, 1.807) is 0 Å². The molecule has 0 aliphatic carbocycles. The van der Waals surface area contributed by atoms with Crippen molar-refractivity contribution >= 4 is 11.8 Å². The second-order valence-electron chi connectivity index (χ2n) is 2.47. The van der Waals surface area contributed by atoms with Gasteiger partial charge in [-0.25, -0.2) is 0 Å². The van der Waals surface area contributed by atoms with Crippen molar-refractivity contribution in [2.24, 2.45) is 0 Å². The molecule has 0 aliphatic heterocycles. The summed E-state index contributed by atoms with van der Waals surface area (Å²) in [4.78, 5) is 0.426. The summed E-state index contributed by atoms with van der Waals surface area (Å²) in [6, 6.07) is 0.976. The zero-order chi connectivity index (χ0) is 10.8. The molecule has 1 radical (unpaired) electrons. The van der Waals surface area contributed by atoms with Gasteiger partial charge in [0.15, 0.2) is 5.69 Å². The Morgan fingerprint density at radius 2 is 2.07 bits per heavy atom. The predicted octanol–water partition coefficient (Wildman–Crippen LogP) is 2.79. The van der Waals surface area contributed by atoms with Gasteiger partial charge in [-0.1, -0.05) is 6.92 Å². The third kappa shape index (κ3) is 2.60. The zero-order valence-electron chi connectivity index (χ0n) is 7.43. The third-order valence-electron chi connectivity index (χ3n) is 1.42. The molecule has 0 aliphatic rings. The Hall–Kier alpha value is -0.780. The number of alkyl halides is 3. The summed E-state index contributed by atoms with van der Waals surface area (Å²) in [6.07, 6.45) is -4.44. The highest BCUT2D eigenvalue weighted by Crippen LogP contribution is 2.30. The van der Waals surface area contributed by atoms with E-state index in [1.165, 1.54) is 11.8 Å². The van der Waals surface area contributed by atoms with Crippen LogP contribution in [0.15, 0.2) is 11.0 Å². The number of rotatable bonds is 2. The van der Waals surface area contributed by atoms with Crippen LogP contribution in [0.2, 0.25) is 0 Å². The van der Waals surface area contributed by atoms with Gasteiger partial charge in [0.2, 0.25) is 0 Å². The van der Waals surface area contributed by atoms with E-state index in [0.717, 1.165) is 6.07 Å². The summed E-state index contributed by atoms with van der Waals surface area (Å²) in [5.74, 6) is 0.672. The van der Waals surface area contributed by atoms with E-state index in [0.29, 0.717) is 10.6 Å². The van der Waals surface area contributed by atoms with Gasteiger partial charge in [-0.15, -0.1) is 16.9 Å². The molecule has 0 aromatic carbocycles. The molecule has 2 nitrogen and oxygen atoms in total. The first-order valence-corrected chi connectivity index (χ1v) is 4.83. The van der Waals surface area contributed by atoms with Crippen LogP contribution >= 0.6 is 11.8 Å². The number of hydrogen-bond acceptors (Lipinski definition) is 3. The number of aromatic nitrogens is 2. The predicted molar refractivity (Wildman–Crippen MR) is 47.9 cm³/mol. The molecule has 1 rings (SSSR count). The van der Waals surface area contributed by atoms with Gasteiger partial charge in [-0.3, -0.25) is 0 Å². The molecule has 0 atom stereocenters. The Balaban J connectivity index is 3.06. The fraction of sp³-hybridized carbons (Fsp3) is 0.375. The van der Waals surface area contributed by atoms with E-state index in [9.17, 15) is 13.2 Å². The van der Waals surface area contributed by atoms with Gasteiger partial charge in [0.1, 0.15) is 0 Å². The zero-order valence-corrected chi connectivity index (χ0v) is 8.24. The van der Waals surface area contributed by atoms with E-state index in [2.05, 4.69) is 17.1 Å². The van der Waals surface area contributed by atoms with Gasteiger partial charge in [-0.2, -0.15) is 18.3 Å². The lowest BCUT2D eigenvalue weighted by Crippen LogP contribution is -2.10. The Kier molecular flexibility index (Phi) is 3.36. The number of hydrogen-bond donors (Lipinski definition) is 0. The normalized spacial score (nSPS) is 11.8. The number of thioether (sulfide) groups is 1. The maximum atomic E-state index is 12.2. The number of halogens is 3. The lowest BCUT2D eigenvalue weighted by atomic mass is 10.3. The lowest BCUT2D eigenvalue weighted by molar-refractivity contribution is -0.141. The van der Waals surface area contributed by atoms with Crippen LogP contribution in [0.5, 0.6) is 0 Å². The average molecular weight is 221 g/mol. The summed E-state index contributed by atoms with van der Waals surface area (Å²) in [5, 5.41) is 6.40. The van der Waals surface area contributed by atoms with E-state index in [-0.39, 0.29) is 5.69 Å². The van der Waals surface area contributed by atoms with Crippen LogP contribution in [0.4, 0.5) is 13.2 Å². The van der Waals surface area contributed by atoms with E-state index in [4.69, 9.17) is 0 Å². The fourth-order valence-corrected chi connectivity index (χ4v) is 1.53. The largest absolute Gasteiger partial charge is 0.435 e. The van der Waals surface area contributed by atoms with Crippen molar-refractivity contribution < 1.29 is 13.2 Å². The van der Waals surface area contributed by atoms with Crippen molar-refractivity contribution in [1.29, 1.82) is 0 Å². The molecule has 0 saturated carbocycles.